The predicted octanol–water partition coefficient (Wildman–Crippen LogP) is 3.62. The van der Waals surface area contributed by atoms with E-state index in [1.54, 1.807) is 0 Å². The fourth-order valence-electron chi connectivity index (χ4n) is 0.749. The summed E-state index contributed by atoms with van der Waals surface area (Å²) in [5.74, 6) is 0.0811. The van der Waals surface area contributed by atoms with Gasteiger partial charge in [-0.1, -0.05) is 0 Å². The molecule has 0 heterocycles. The maximum absolute atomic E-state index is 11.8. The number of nitrogens with one attached hydrogen (secondary N) is 1. The summed E-state index contributed by atoms with van der Waals surface area (Å²) < 4.78 is 28.2. The summed E-state index contributed by atoms with van der Waals surface area (Å²) in [6.45, 7) is -2.82. The quantitative estimate of drug-likeness (QED) is 0.849. The number of hydrogen-bond donors (Lipinski definition) is 1. The SMILES string of the molecule is FC(F)Oc1ccc(NCl)c(Br)c1. The summed E-state index contributed by atoms with van der Waals surface area (Å²) >= 11 is 8.45. The summed E-state index contributed by atoms with van der Waals surface area (Å²) in [4.78, 5) is 2.36. The Morgan fingerprint density at radius 3 is 2.62 bits per heavy atom. The second kappa shape index (κ2) is 4.62. The molecule has 0 bridgehead atoms. The topological polar surface area (TPSA) is 21.3 Å². The molecule has 0 spiro atoms. The molecule has 0 radical (unpaired) electrons. The lowest BCUT2D eigenvalue weighted by Gasteiger charge is -2.06. The Labute approximate surface area is 87.1 Å². The van der Waals surface area contributed by atoms with Gasteiger partial charge >= 0.3 is 6.61 Å². The molecular formula is C7H5BrClF2NO. The number of ether oxygens (including phenoxy) is 1. The Morgan fingerprint density at radius 1 is 1.46 bits per heavy atom. The summed E-state index contributed by atoms with van der Waals surface area (Å²) in [6.07, 6.45) is 0. The number of alkyl halides is 2. The minimum absolute atomic E-state index is 0.0811. The Hall–Kier alpha value is -0.550. The lowest BCUT2D eigenvalue weighted by molar-refractivity contribution is -0.0498. The van der Waals surface area contributed by atoms with Crippen molar-refractivity contribution < 1.29 is 13.5 Å². The van der Waals surface area contributed by atoms with Gasteiger partial charge in [-0.2, -0.15) is 8.78 Å². The van der Waals surface area contributed by atoms with Crippen LogP contribution in [0.4, 0.5) is 14.5 Å². The summed E-state index contributed by atoms with van der Waals surface area (Å²) in [6, 6.07) is 4.31. The molecule has 1 N–H and O–H groups in total. The summed E-state index contributed by atoms with van der Waals surface area (Å²) in [7, 11) is 0. The van der Waals surface area contributed by atoms with Gasteiger partial charge in [-0.25, -0.2) is 0 Å². The van der Waals surface area contributed by atoms with E-state index in [2.05, 4.69) is 25.5 Å². The Balaban J connectivity index is 2.83. The maximum Gasteiger partial charge on any atom is 0.387 e. The standard InChI is InChI=1S/C7H5BrClF2NO/c8-5-3-4(13-7(10)11)1-2-6(5)12-9/h1-3,7,12H. The third kappa shape index (κ3) is 3.00. The van der Waals surface area contributed by atoms with Gasteiger partial charge in [-0.15, -0.1) is 0 Å². The zero-order chi connectivity index (χ0) is 9.84. The van der Waals surface area contributed by atoms with E-state index >= 15 is 0 Å². The normalized spacial score (nSPS) is 10.2. The van der Waals surface area contributed by atoms with Crippen LogP contribution in [0.1, 0.15) is 0 Å². The fraction of sp³-hybridized carbons (Fsp3) is 0.143. The van der Waals surface area contributed by atoms with Crippen LogP contribution >= 0.6 is 27.7 Å². The molecule has 0 aliphatic rings. The van der Waals surface area contributed by atoms with E-state index in [9.17, 15) is 8.78 Å². The average Bonchev–Trinajstić information content (AvgIpc) is 2.03. The van der Waals surface area contributed by atoms with Crippen LogP contribution in [0.5, 0.6) is 5.75 Å². The minimum atomic E-state index is -2.82. The second-order valence-corrected chi connectivity index (χ2v) is 3.16. The maximum atomic E-state index is 11.8. The monoisotopic (exact) mass is 271 g/mol. The van der Waals surface area contributed by atoms with Gasteiger partial charge in [-0.05, 0) is 34.1 Å². The molecule has 0 saturated heterocycles. The molecule has 6 heteroatoms. The van der Waals surface area contributed by atoms with Crippen molar-refractivity contribution in [3.63, 3.8) is 0 Å². The molecule has 1 aromatic carbocycles. The first-order valence-electron chi connectivity index (χ1n) is 3.24. The lowest BCUT2D eigenvalue weighted by Crippen LogP contribution is -2.01. The van der Waals surface area contributed by atoms with Crippen molar-refractivity contribution in [3.05, 3.63) is 22.7 Å². The second-order valence-electron chi connectivity index (χ2n) is 2.11. The summed E-state index contributed by atoms with van der Waals surface area (Å²) in [5.41, 5.74) is 0.586. The first-order valence-corrected chi connectivity index (χ1v) is 4.41. The number of hydrogen-bond acceptors (Lipinski definition) is 2. The molecule has 0 atom stereocenters. The molecule has 1 rings (SSSR count). The molecule has 0 fully saturated rings. The van der Waals surface area contributed by atoms with E-state index < -0.39 is 6.61 Å². The Bertz CT molecular complexity index is 298. The first-order chi connectivity index (χ1) is 6.13. The molecule has 0 saturated carbocycles. The van der Waals surface area contributed by atoms with Crippen molar-refractivity contribution in [1.29, 1.82) is 0 Å². The van der Waals surface area contributed by atoms with Crippen molar-refractivity contribution in [2.75, 3.05) is 4.84 Å². The van der Waals surface area contributed by atoms with E-state index in [-0.39, 0.29) is 5.75 Å². The first kappa shape index (κ1) is 10.5. The number of anilines is 1. The van der Waals surface area contributed by atoms with Gasteiger partial charge in [0.15, 0.2) is 0 Å². The van der Waals surface area contributed by atoms with Crippen molar-refractivity contribution in [2.24, 2.45) is 0 Å². The third-order valence-electron chi connectivity index (χ3n) is 1.27. The van der Waals surface area contributed by atoms with Crippen LogP contribution in [0.15, 0.2) is 22.7 Å². The van der Waals surface area contributed by atoms with Gasteiger partial charge < -0.3 is 4.74 Å². The smallest absolute Gasteiger partial charge is 0.387 e. The van der Waals surface area contributed by atoms with Gasteiger partial charge in [0.05, 0.1) is 5.69 Å². The highest BCUT2D eigenvalue weighted by Gasteiger charge is 2.06. The van der Waals surface area contributed by atoms with Crippen LogP contribution in [-0.4, -0.2) is 6.61 Å². The molecule has 0 aromatic heterocycles. The van der Waals surface area contributed by atoms with Crippen molar-refractivity contribution in [1.82, 2.24) is 0 Å². The molecular weight excluding hydrogens is 267 g/mol. The van der Waals surface area contributed by atoms with E-state index in [0.717, 1.165) is 0 Å². The molecule has 0 aliphatic heterocycles. The van der Waals surface area contributed by atoms with Crippen LogP contribution in [0.3, 0.4) is 0 Å². The number of benzene rings is 1. The predicted molar refractivity (Wildman–Crippen MR) is 50.2 cm³/mol. The highest BCUT2D eigenvalue weighted by atomic mass is 79.9. The van der Waals surface area contributed by atoms with Crippen molar-refractivity contribution in [3.8, 4) is 5.75 Å². The van der Waals surface area contributed by atoms with Crippen LogP contribution in [0, 0.1) is 0 Å². The van der Waals surface area contributed by atoms with Gasteiger partial charge in [0.1, 0.15) is 5.75 Å². The largest absolute Gasteiger partial charge is 0.435 e. The summed E-state index contributed by atoms with van der Waals surface area (Å²) in [5, 5.41) is 0. The fourth-order valence-corrected chi connectivity index (χ4v) is 1.48. The van der Waals surface area contributed by atoms with E-state index in [1.165, 1.54) is 18.2 Å². The van der Waals surface area contributed by atoms with Crippen molar-refractivity contribution in [2.45, 2.75) is 6.61 Å². The average molecular weight is 272 g/mol. The molecule has 1 aromatic rings. The highest BCUT2D eigenvalue weighted by Crippen LogP contribution is 2.28. The van der Waals surface area contributed by atoms with Crippen LogP contribution in [0.2, 0.25) is 0 Å². The van der Waals surface area contributed by atoms with Crippen LogP contribution in [-0.2, 0) is 0 Å². The molecule has 2 nitrogen and oxygen atoms in total. The van der Waals surface area contributed by atoms with E-state index in [1.807, 2.05) is 0 Å². The minimum Gasteiger partial charge on any atom is -0.435 e. The zero-order valence-electron chi connectivity index (χ0n) is 6.23. The van der Waals surface area contributed by atoms with E-state index in [0.29, 0.717) is 10.2 Å². The van der Waals surface area contributed by atoms with E-state index in [4.69, 9.17) is 11.8 Å². The molecule has 0 unspecified atom stereocenters. The third-order valence-corrected chi connectivity index (χ3v) is 2.13. The van der Waals surface area contributed by atoms with Crippen molar-refractivity contribution >= 4 is 33.4 Å². The van der Waals surface area contributed by atoms with Crippen LogP contribution in [0.25, 0.3) is 0 Å². The Kier molecular flexibility index (Phi) is 3.74. The van der Waals surface area contributed by atoms with Gasteiger partial charge in [-0.3, -0.25) is 4.84 Å². The number of halogens is 4. The van der Waals surface area contributed by atoms with Crippen LogP contribution < -0.4 is 9.57 Å². The molecule has 0 aliphatic carbocycles. The lowest BCUT2D eigenvalue weighted by atomic mass is 10.3. The Morgan fingerprint density at radius 2 is 2.15 bits per heavy atom. The highest BCUT2D eigenvalue weighted by molar-refractivity contribution is 9.10. The van der Waals surface area contributed by atoms with Gasteiger partial charge in [0.25, 0.3) is 0 Å². The zero-order valence-corrected chi connectivity index (χ0v) is 8.57. The van der Waals surface area contributed by atoms with Gasteiger partial charge in [0.2, 0.25) is 0 Å². The molecule has 72 valence electrons. The molecule has 13 heavy (non-hydrogen) atoms. The molecule has 0 amide bonds. The van der Waals surface area contributed by atoms with Gasteiger partial charge in [0, 0.05) is 16.2 Å². The number of rotatable bonds is 3.